The molecule has 0 aliphatic heterocycles. The number of hydrogen-bond acceptors (Lipinski definition) is 24. The van der Waals surface area contributed by atoms with Gasteiger partial charge in [0.05, 0.1) is 188 Å². The van der Waals surface area contributed by atoms with E-state index in [1.165, 1.54) is 47.6 Å². The number of ether oxygens (including phenoxy) is 13. The lowest BCUT2D eigenvalue weighted by Crippen LogP contribution is -2.43. The normalized spacial score (nSPS) is 11.3. The smallest absolute Gasteiger partial charge is 0.294 e. The van der Waals surface area contributed by atoms with Gasteiger partial charge in [0.25, 0.3) is 34.7 Å². The molecule has 0 aliphatic rings. The van der Waals surface area contributed by atoms with Gasteiger partial charge in [0.15, 0.2) is 23.0 Å². The number of nitrogens with zero attached hydrogens (tertiary/aromatic N) is 3. The Morgan fingerprint density at radius 2 is 0.629 bits per heavy atom. The van der Waals surface area contributed by atoms with Crippen molar-refractivity contribution in [1.82, 2.24) is 35.3 Å². The number of aromatic hydroxyl groups is 4. The van der Waals surface area contributed by atoms with E-state index in [1.54, 1.807) is 74.4 Å². The second-order valence-corrected chi connectivity index (χ2v) is 21.4. The zero-order valence-electron chi connectivity index (χ0n) is 56.0. The quantitative estimate of drug-likeness (QED) is 0.0204. The second-order valence-electron chi connectivity index (χ2n) is 21.4. The van der Waals surface area contributed by atoms with Gasteiger partial charge in [0.2, 0.25) is 0 Å². The molecule has 0 saturated heterocycles. The van der Waals surface area contributed by atoms with Crippen LogP contribution in [0.3, 0.4) is 0 Å². The molecular weight excluding hydrogens is 1270 g/mol. The molecule has 536 valence electrons. The third-order valence-corrected chi connectivity index (χ3v) is 14.5. The van der Waals surface area contributed by atoms with Crippen molar-refractivity contribution in [2.24, 2.45) is 0 Å². The number of pyridine rings is 2. The molecule has 0 unspecified atom stereocenters. The third kappa shape index (κ3) is 28.8. The van der Waals surface area contributed by atoms with Gasteiger partial charge >= 0.3 is 0 Å². The second kappa shape index (κ2) is 46.1. The van der Waals surface area contributed by atoms with Crippen molar-refractivity contribution < 1.29 is 101 Å². The first-order chi connectivity index (χ1) is 47.1. The topological polar surface area (TPSA) is 365 Å². The van der Waals surface area contributed by atoms with Crippen LogP contribution in [0.15, 0.2) is 82.4 Å². The van der Waals surface area contributed by atoms with E-state index in [0.717, 1.165) is 11.1 Å². The van der Waals surface area contributed by atoms with Crippen LogP contribution in [0.4, 0.5) is 0 Å². The largest absolute Gasteiger partial charge is 0.504 e. The van der Waals surface area contributed by atoms with Crippen molar-refractivity contribution in [2.45, 2.75) is 26.9 Å². The Morgan fingerprint density at radius 1 is 0.361 bits per heavy atom. The van der Waals surface area contributed by atoms with E-state index < -0.39 is 57.7 Å². The van der Waals surface area contributed by atoms with Gasteiger partial charge in [0, 0.05) is 64.3 Å². The first kappa shape index (κ1) is 79.4. The molecule has 0 bridgehead atoms. The van der Waals surface area contributed by atoms with Crippen LogP contribution >= 0.6 is 0 Å². The third-order valence-electron chi connectivity index (χ3n) is 14.5. The molecule has 0 aliphatic carbocycles. The highest BCUT2D eigenvalue weighted by molar-refractivity contribution is 6.03. The minimum Gasteiger partial charge on any atom is -0.504 e. The Morgan fingerprint density at radius 3 is 0.918 bits per heavy atom. The molecule has 30 nitrogen and oxygen atoms in total. The highest BCUT2D eigenvalue weighted by atomic mass is 16.6. The van der Waals surface area contributed by atoms with Crippen molar-refractivity contribution in [3.05, 3.63) is 138 Å². The Bertz CT molecular complexity index is 3140. The number of phenolic OH excluding ortho intramolecular Hbond substituents is 2. The van der Waals surface area contributed by atoms with Crippen LogP contribution in [0.1, 0.15) is 63.9 Å². The molecule has 0 atom stereocenters. The Kier molecular flexibility index (Phi) is 37.7. The molecule has 5 aromatic rings. The lowest BCUT2D eigenvalue weighted by molar-refractivity contribution is -0.0270. The van der Waals surface area contributed by atoms with Crippen molar-refractivity contribution in [3.63, 3.8) is 0 Å². The van der Waals surface area contributed by atoms with Crippen LogP contribution in [-0.4, -0.2) is 264 Å². The molecular formula is C67H95N7O23. The number of phenols is 2. The summed E-state index contributed by atoms with van der Waals surface area (Å²) in [5, 5.41) is 54.3. The van der Waals surface area contributed by atoms with E-state index in [-0.39, 0.29) is 101 Å². The number of rotatable bonds is 52. The van der Waals surface area contributed by atoms with Crippen LogP contribution in [0.5, 0.6) is 34.5 Å². The van der Waals surface area contributed by atoms with Gasteiger partial charge in [0.1, 0.15) is 11.5 Å². The lowest BCUT2D eigenvalue weighted by atomic mass is 10.1. The van der Waals surface area contributed by atoms with Crippen molar-refractivity contribution in [1.29, 1.82) is 0 Å². The summed E-state index contributed by atoms with van der Waals surface area (Å²) < 4.78 is 72.7. The number of amides is 4. The Hall–Kier alpha value is -8.24. The molecule has 4 amide bonds. The number of carbonyl (C=O) groups is 4. The van der Waals surface area contributed by atoms with Gasteiger partial charge in [-0.15, -0.1) is 0 Å². The van der Waals surface area contributed by atoms with E-state index in [1.807, 2.05) is 0 Å². The molecule has 30 heteroatoms. The average Bonchev–Trinajstić information content (AvgIpc) is 0.821. The first-order valence-corrected chi connectivity index (χ1v) is 31.9. The first-order valence-electron chi connectivity index (χ1n) is 31.9. The molecule has 2 aromatic heterocycles. The van der Waals surface area contributed by atoms with Crippen LogP contribution in [0.25, 0.3) is 0 Å². The summed E-state index contributed by atoms with van der Waals surface area (Å²) in [6.45, 7) is 12.4. The van der Waals surface area contributed by atoms with Gasteiger partial charge in [-0.1, -0.05) is 24.3 Å². The predicted molar refractivity (Wildman–Crippen MR) is 354 cm³/mol. The minimum absolute atomic E-state index is 0.0472. The van der Waals surface area contributed by atoms with Gasteiger partial charge in [-0.25, -0.2) is 0 Å². The Balaban J connectivity index is 0.972. The van der Waals surface area contributed by atoms with E-state index in [9.17, 15) is 49.2 Å². The SMILES string of the molecule is COCCOCCOCCOCCOCCOCCOCCOCCOCCOCCOCCNC(=O)c1ccc(C(=O)NCCN(CCNC(=O)c2cc(C)n(Cc3ccc(OC)cc3)c(=O)c2O)CCNC(=O)c2cc(C)n(Cc3ccc(OC)cc3)c(=O)c2O)c(O)c1O. The highest BCUT2D eigenvalue weighted by Gasteiger charge is 2.23. The van der Waals surface area contributed by atoms with Gasteiger partial charge in [-0.05, 0) is 73.5 Å². The van der Waals surface area contributed by atoms with E-state index in [0.29, 0.717) is 142 Å². The maximum absolute atomic E-state index is 13.5. The van der Waals surface area contributed by atoms with E-state index in [2.05, 4.69) is 21.3 Å². The van der Waals surface area contributed by atoms with Crippen LogP contribution < -0.4 is 41.9 Å². The summed E-state index contributed by atoms with van der Waals surface area (Å²) in [4.78, 5) is 81.8. The van der Waals surface area contributed by atoms with Gasteiger partial charge in [-0.3, -0.25) is 33.7 Å². The lowest BCUT2D eigenvalue weighted by Gasteiger charge is -2.23. The average molecular weight is 1370 g/mol. The van der Waals surface area contributed by atoms with Crippen LogP contribution in [0, 0.1) is 13.8 Å². The summed E-state index contributed by atoms with van der Waals surface area (Å²) in [6, 6.07) is 19.2. The number of hydrogen-bond donors (Lipinski definition) is 8. The molecule has 0 saturated carbocycles. The number of methoxy groups -OCH3 is 3. The summed E-state index contributed by atoms with van der Waals surface area (Å²) in [7, 11) is 4.70. The standard InChI is InChI=1S/C67H95N7O23/c1-48-44-56(60(77)66(83)73(48)46-50-6-10-52(86-4)11-7-50)64(81)69-17-21-72(22-18-70-65(82)57-45-49(2)74(67(84)61(57)78)47-51-8-12-53(87-5)13-9-51)20-16-68-62(79)54-14-15-55(59(76)58(54)75)63(80)71-19-23-88-26-27-90-30-31-92-34-35-94-38-39-96-42-43-97-41-40-95-37-36-93-33-32-91-29-28-89-25-24-85-3/h6-15,44-45,75-78H,16-43,46-47H2,1-5H3,(H,68,79)(H,69,81)(H,70,82)(H,71,80). The van der Waals surface area contributed by atoms with Crippen LogP contribution in [0.2, 0.25) is 0 Å². The van der Waals surface area contributed by atoms with E-state index >= 15 is 0 Å². The molecule has 0 spiro atoms. The summed E-state index contributed by atoms with van der Waals surface area (Å²) in [5.74, 6) is -4.93. The van der Waals surface area contributed by atoms with Crippen LogP contribution in [-0.2, 0) is 65.2 Å². The zero-order valence-corrected chi connectivity index (χ0v) is 56.0. The Labute approximate surface area is 563 Å². The van der Waals surface area contributed by atoms with Gasteiger partial charge in [-0.2, -0.15) is 0 Å². The zero-order chi connectivity index (χ0) is 70.0. The number of benzene rings is 3. The molecule has 2 heterocycles. The number of aromatic nitrogens is 2. The highest BCUT2D eigenvalue weighted by Crippen LogP contribution is 2.33. The predicted octanol–water partition coefficient (Wildman–Crippen LogP) is 2.00. The molecule has 8 N–H and O–H groups in total. The fraction of sp³-hybridized carbons (Fsp3) is 0.522. The molecule has 3 aromatic carbocycles. The monoisotopic (exact) mass is 1370 g/mol. The summed E-state index contributed by atoms with van der Waals surface area (Å²) in [6.07, 6.45) is 0. The van der Waals surface area contributed by atoms with Gasteiger partial charge < -0.3 is 112 Å². The maximum atomic E-state index is 13.5. The number of nitrogens with one attached hydrogen (secondary N) is 4. The summed E-state index contributed by atoms with van der Waals surface area (Å²) in [5.41, 5.74) is -0.338. The fourth-order valence-corrected chi connectivity index (χ4v) is 9.19. The van der Waals surface area contributed by atoms with Crippen molar-refractivity contribution in [2.75, 3.05) is 206 Å². The summed E-state index contributed by atoms with van der Waals surface area (Å²) >= 11 is 0. The van der Waals surface area contributed by atoms with E-state index in [4.69, 9.17) is 61.6 Å². The fourth-order valence-electron chi connectivity index (χ4n) is 9.19. The molecule has 5 rings (SSSR count). The van der Waals surface area contributed by atoms with Crippen molar-refractivity contribution >= 4 is 23.6 Å². The molecule has 0 radical (unpaired) electrons. The van der Waals surface area contributed by atoms with Crippen molar-refractivity contribution in [3.8, 4) is 34.5 Å². The minimum atomic E-state index is -0.841. The molecule has 97 heavy (non-hydrogen) atoms. The molecule has 0 fully saturated rings. The maximum Gasteiger partial charge on any atom is 0.294 e. The number of carbonyl (C=O) groups excluding carboxylic acids is 4. The number of aryl methyl sites for hydroxylation is 2.